The van der Waals surface area contributed by atoms with Crippen molar-refractivity contribution in [1.29, 1.82) is 0 Å². The van der Waals surface area contributed by atoms with Gasteiger partial charge in [0.2, 0.25) is 0 Å². The zero-order valence-electron chi connectivity index (χ0n) is 10.9. The minimum Gasteiger partial charge on any atom is -0.496 e. The first-order valence-electron chi connectivity index (χ1n) is 6.04. The van der Waals surface area contributed by atoms with E-state index in [1.807, 2.05) is 0 Å². The van der Waals surface area contributed by atoms with Gasteiger partial charge in [0.15, 0.2) is 0 Å². The molecule has 0 bridgehead atoms. The van der Waals surface area contributed by atoms with Gasteiger partial charge < -0.3 is 10.5 Å². The van der Waals surface area contributed by atoms with Gasteiger partial charge in [-0.1, -0.05) is 29.3 Å². The first kappa shape index (κ1) is 15.1. The van der Waals surface area contributed by atoms with E-state index in [1.54, 1.807) is 31.4 Å². The highest BCUT2D eigenvalue weighted by Crippen LogP contribution is 2.29. The summed E-state index contributed by atoms with van der Waals surface area (Å²) in [6.07, 6.45) is 0.495. The smallest absolute Gasteiger partial charge is 0.124 e. The van der Waals surface area contributed by atoms with E-state index in [4.69, 9.17) is 33.7 Å². The van der Waals surface area contributed by atoms with E-state index in [2.05, 4.69) is 0 Å². The monoisotopic (exact) mass is 313 g/mol. The molecule has 0 aliphatic rings. The van der Waals surface area contributed by atoms with Gasteiger partial charge >= 0.3 is 0 Å². The van der Waals surface area contributed by atoms with Gasteiger partial charge in [0.1, 0.15) is 11.6 Å². The number of nitrogens with two attached hydrogens (primary N) is 1. The predicted octanol–water partition coefficient (Wildman–Crippen LogP) is 4.38. The highest BCUT2D eigenvalue weighted by molar-refractivity contribution is 6.31. The van der Waals surface area contributed by atoms with Crippen LogP contribution >= 0.6 is 23.2 Å². The molecule has 0 heterocycles. The maximum atomic E-state index is 13.0. The summed E-state index contributed by atoms with van der Waals surface area (Å²) in [5.41, 5.74) is 7.72. The molecule has 106 valence electrons. The van der Waals surface area contributed by atoms with Crippen molar-refractivity contribution in [2.45, 2.75) is 12.5 Å². The van der Waals surface area contributed by atoms with Crippen molar-refractivity contribution in [1.82, 2.24) is 0 Å². The van der Waals surface area contributed by atoms with Crippen molar-refractivity contribution < 1.29 is 9.13 Å². The molecule has 2 aromatic carbocycles. The molecule has 2 rings (SSSR count). The Balaban J connectivity index is 2.27. The van der Waals surface area contributed by atoms with Crippen molar-refractivity contribution in [3.63, 3.8) is 0 Å². The molecule has 0 amide bonds. The molecule has 0 aliphatic carbocycles. The zero-order valence-corrected chi connectivity index (χ0v) is 12.4. The van der Waals surface area contributed by atoms with E-state index in [-0.39, 0.29) is 11.9 Å². The van der Waals surface area contributed by atoms with Crippen LogP contribution in [0, 0.1) is 5.82 Å². The number of methoxy groups -OCH3 is 1. The van der Waals surface area contributed by atoms with Crippen molar-refractivity contribution in [2.75, 3.05) is 7.11 Å². The molecular weight excluding hydrogens is 300 g/mol. The Morgan fingerprint density at radius 2 is 1.95 bits per heavy atom. The van der Waals surface area contributed by atoms with E-state index in [0.29, 0.717) is 27.8 Å². The standard InChI is InChI=1S/C15H14Cl2FNO/c1-20-15-5-2-10(16)6-9(15)7-14(19)12-4-3-11(18)8-13(12)17/h2-6,8,14H,7,19H2,1H3. The van der Waals surface area contributed by atoms with Crippen LogP contribution in [0.4, 0.5) is 4.39 Å². The Bertz CT molecular complexity index is 619. The first-order valence-corrected chi connectivity index (χ1v) is 6.80. The second kappa shape index (κ2) is 6.44. The lowest BCUT2D eigenvalue weighted by atomic mass is 9.99. The minimum absolute atomic E-state index is 0.318. The Morgan fingerprint density at radius 3 is 2.60 bits per heavy atom. The quantitative estimate of drug-likeness (QED) is 0.909. The fourth-order valence-electron chi connectivity index (χ4n) is 2.06. The number of hydrogen-bond donors (Lipinski definition) is 1. The lowest BCUT2D eigenvalue weighted by molar-refractivity contribution is 0.408. The molecule has 0 radical (unpaired) electrons. The maximum Gasteiger partial charge on any atom is 0.124 e. The summed E-state index contributed by atoms with van der Waals surface area (Å²) in [6.45, 7) is 0. The second-order valence-electron chi connectivity index (χ2n) is 4.43. The Kier molecular flexibility index (Phi) is 4.86. The molecule has 2 nitrogen and oxygen atoms in total. The molecule has 2 aromatic rings. The van der Waals surface area contributed by atoms with Crippen LogP contribution in [0.5, 0.6) is 5.75 Å². The van der Waals surface area contributed by atoms with Gasteiger partial charge in [-0.15, -0.1) is 0 Å². The summed E-state index contributed by atoms with van der Waals surface area (Å²) >= 11 is 12.0. The molecule has 1 atom stereocenters. The molecule has 20 heavy (non-hydrogen) atoms. The normalized spacial score (nSPS) is 12.2. The molecule has 0 spiro atoms. The molecule has 0 saturated carbocycles. The molecule has 0 saturated heterocycles. The molecule has 5 heteroatoms. The molecule has 0 fully saturated rings. The van der Waals surface area contributed by atoms with Crippen LogP contribution < -0.4 is 10.5 Å². The average Bonchev–Trinajstić information content (AvgIpc) is 2.38. The third-order valence-electron chi connectivity index (χ3n) is 3.04. The van der Waals surface area contributed by atoms with Crippen molar-refractivity contribution in [2.24, 2.45) is 5.73 Å². The van der Waals surface area contributed by atoms with Crippen LogP contribution in [0.3, 0.4) is 0 Å². The molecule has 0 aromatic heterocycles. The number of halogens is 3. The Labute approximate surface area is 127 Å². The first-order chi connectivity index (χ1) is 9.51. The Morgan fingerprint density at radius 1 is 1.20 bits per heavy atom. The van der Waals surface area contributed by atoms with E-state index < -0.39 is 0 Å². The summed E-state index contributed by atoms with van der Waals surface area (Å²) in [6, 6.07) is 9.17. The lowest BCUT2D eigenvalue weighted by Gasteiger charge is -2.16. The summed E-state index contributed by atoms with van der Waals surface area (Å²) in [7, 11) is 1.59. The van der Waals surface area contributed by atoms with Crippen molar-refractivity contribution in [3.8, 4) is 5.75 Å². The molecule has 1 unspecified atom stereocenters. The number of hydrogen-bond acceptors (Lipinski definition) is 2. The number of benzene rings is 2. The predicted molar refractivity (Wildman–Crippen MR) is 80.0 cm³/mol. The van der Waals surface area contributed by atoms with Crippen LogP contribution in [-0.2, 0) is 6.42 Å². The van der Waals surface area contributed by atoms with Gasteiger partial charge in [0.05, 0.1) is 7.11 Å². The minimum atomic E-state index is -0.383. The van der Waals surface area contributed by atoms with Gasteiger partial charge in [-0.05, 0) is 47.9 Å². The van der Waals surface area contributed by atoms with Gasteiger partial charge in [0, 0.05) is 16.1 Å². The van der Waals surface area contributed by atoms with Crippen LogP contribution in [-0.4, -0.2) is 7.11 Å². The van der Waals surface area contributed by atoms with Crippen LogP contribution in [0.25, 0.3) is 0 Å². The van der Waals surface area contributed by atoms with Gasteiger partial charge in [-0.3, -0.25) is 0 Å². The Hall–Kier alpha value is -1.29. The van der Waals surface area contributed by atoms with Crippen molar-refractivity contribution in [3.05, 3.63) is 63.4 Å². The van der Waals surface area contributed by atoms with Gasteiger partial charge in [-0.25, -0.2) is 4.39 Å². The third-order valence-corrected chi connectivity index (χ3v) is 3.61. The highest BCUT2D eigenvalue weighted by atomic mass is 35.5. The summed E-state index contributed by atoms with van der Waals surface area (Å²) in [5.74, 6) is 0.328. The third kappa shape index (κ3) is 3.42. The second-order valence-corrected chi connectivity index (χ2v) is 5.28. The summed E-state index contributed by atoms with van der Waals surface area (Å²) < 4.78 is 18.3. The molecular formula is C15H14Cl2FNO. The fraction of sp³-hybridized carbons (Fsp3) is 0.200. The maximum absolute atomic E-state index is 13.0. The largest absolute Gasteiger partial charge is 0.496 e. The lowest BCUT2D eigenvalue weighted by Crippen LogP contribution is -2.14. The number of ether oxygens (including phenoxy) is 1. The fourth-order valence-corrected chi connectivity index (χ4v) is 2.56. The average molecular weight is 314 g/mol. The van der Waals surface area contributed by atoms with Crippen LogP contribution in [0.1, 0.15) is 17.2 Å². The van der Waals surface area contributed by atoms with E-state index >= 15 is 0 Å². The van der Waals surface area contributed by atoms with Crippen molar-refractivity contribution >= 4 is 23.2 Å². The van der Waals surface area contributed by atoms with E-state index in [9.17, 15) is 4.39 Å². The van der Waals surface area contributed by atoms with E-state index in [0.717, 1.165) is 5.56 Å². The van der Waals surface area contributed by atoms with E-state index in [1.165, 1.54) is 12.1 Å². The SMILES string of the molecule is COc1ccc(Cl)cc1CC(N)c1ccc(F)cc1Cl. The van der Waals surface area contributed by atoms with Crippen LogP contribution in [0.2, 0.25) is 10.0 Å². The van der Waals surface area contributed by atoms with Crippen LogP contribution in [0.15, 0.2) is 36.4 Å². The van der Waals surface area contributed by atoms with Gasteiger partial charge in [-0.2, -0.15) is 0 Å². The summed E-state index contributed by atoms with van der Waals surface area (Å²) in [5, 5.41) is 0.927. The zero-order chi connectivity index (χ0) is 14.7. The summed E-state index contributed by atoms with van der Waals surface area (Å²) in [4.78, 5) is 0. The van der Waals surface area contributed by atoms with Gasteiger partial charge in [0.25, 0.3) is 0 Å². The highest BCUT2D eigenvalue weighted by Gasteiger charge is 2.14. The molecule has 2 N–H and O–H groups in total. The topological polar surface area (TPSA) is 35.2 Å². The number of rotatable bonds is 4. The molecule has 0 aliphatic heterocycles.